The van der Waals surface area contributed by atoms with Gasteiger partial charge in [0.15, 0.2) is 0 Å². The molecule has 2 fully saturated rings. The quantitative estimate of drug-likeness (QED) is 0.693. The number of nitrogens with zero attached hydrogens (tertiary/aromatic N) is 2. The molecule has 1 N–H and O–H groups in total. The zero-order valence-electron chi connectivity index (χ0n) is 10.7. The van der Waals surface area contributed by atoms with Gasteiger partial charge in [0.1, 0.15) is 0 Å². The fourth-order valence-electron chi connectivity index (χ4n) is 2.22. The van der Waals surface area contributed by atoms with Gasteiger partial charge in [0, 0.05) is 50.6 Å². The number of thioether (sulfide) groups is 1. The third kappa shape index (κ3) is 3.62. The van der Waals surface area contributed by atoms with Crippen LogP contribution < -0.4 is 5.32 Å². The fourth-order valence-corrected chi connectivity index (χ4v) is 2.97. The molecule has 1 aliphatic carbocycles. The molecule has 2 aliphatic rings. The van der Waals surface area contributed by atoms with Crippen LogP contribution in [0.1, 0.15) is 12.8 Å². The number of piperazine rings is 1. The Hall–Kier alpha value is 0.230. The van der Waals surface area contributed by atoms with Crippen LogP contribution in [0.3, 0.4) is 0 Å². The lowest BCUT2D eigenvalue weighted by Crippen LogP contribution is -2.46. The van der Waals surface area contributed by atoms with Crippen LogP contribution in [0.4, 0.5) is 0 Å². The molecule has 1 saturated heterocycles. The van der Waals surface area contributed by atoms with Gasteiger partial charge in [0.05, 0.1) is 0 Å². The predicted molar refractivity (Wildman–Crippen MR) is 72.3 cm³/mol. The Morgan fingerprint density at radius 1 is 1.19 bits per heavy atom. The first-order valence-corrected chi connectivity index (χ1v) is 7.63. The average Bonchev–Trinajstić information content (AvgIpc) is 3.08. The average molecular weight is 243 g/mol. The van der Waals surface area contributed by atoms with Gasteiger partial charge in [0.2, 0.25) is 0 Å². The van der Waals surface area contributed by atoms with Crippen molar-refractivity contribution >= 4 is 11.8 Å². The van der Waals surface area contributed by atoms with E-state index in [-0.39, 0.29) is 0 Å². The van der Waals surface area contributed by atoms with Crippen molar-refractivity contribution in [1.29, 1.82) is 0 Å². The van der Waals surface area contributed by atoms with Gasteiger partial charge >= 0.3 is 0 Å². The predicted octanol–water partition coefficient (Wildman–Crippen LogP) is 0.719. The topological polar surface area (TPSA) is 18.5 Å². The normalized spacial score (nSPS) is 25.9. The summed E-state index contributed by atoms with van der Waals surface area (Å²) in [7, 11) is 2.21. The minimum atomic E-state index is 0.613. The van der Waals surface area contributed by atoms with Crippen molar-refractivity contribution in [2.75, 3.05) is 59.1 Å². The van der Waals surface area contributed by atoms with Crippen LogP contribution in [0.15, 0.2) is 0 Å². The minimum Gasteiger partial charge on any atom is -0.314 e. The zero-order valence-corrected chi connectivity index (χ0v) is 11.5. The maximum atomic E-state index is 3.62. The molecule has 94 valence electrons. The van der Waals surface area contributed by atoms with Crippen LogP contribution in [-0.2, 0) is 0 Å². The molecule has 3 nitrogen and oxygen atoms in total. The molecule has 0 unspecified atom stereocenters. The molecule has 0 aromatic carbocycles. The van der Waals surface area contributed by atoms with Crippen LogP contribution in [-0.4, -0.2) is 73.7 Å². The SMILES string of the molecule is CSC1(CNCCN2CCN(C)CC2)CC1. The molecule has 2 rings (SSSR count). The molecule has 0 atom stereocenters. The van der Waals surface area contributed by atoms with E-state index in [1.54, 1.807) is 0 Å². The van der Waals surface area contributed by atoms with Crippen molar-refractivity contribution in [2.45, 2.75) is 17.6 Å². The fraction of sp³-hybridized carbons (Fsp3) is 1.00. The molecule has 1 aliphatic heterocycles. The summed E-state index contributed by atoms with van der Waals surface area (Å²) in [6.45, 7) is 8.54. The number of hydrogen-bond acceptors (Lipinski definition) is 4. The first-order chi connectivity index (χ1) is 7.74. The highest BCUT2D eigenvalue weighted by Gasteiger charge is 2.41. The summed E-state index contributed by atoms with van der Waals surface area (Å²) in [6.07, 6.45) is 5.07. The molecule has 1 heterocycles. The van der Waals surface area contributed by atoms with E-state index >= 15 is 0 Å². The second kappa shape index (κ2) is 5.71. The summed E-state index contributed by atoms with van der Waals surface area (Å²) in [6, 6.07) is 0. The van der Waals surface area contributed by atoms with Gasteiger partial charge in [-0.05, 0) is 26.1 Å². The molecule has 4 heteroatoms. The van der Waals surface area contributed by atoms with Crippen molar-refractivity contribution in [2.24, 2.45) is 0 Å². The smallest absolute Gasteiger partial charge is 0.0282 e. The molecule has 0 spiro atoms. The summed E-state index contributed by atoms with van der Waals surface area (Å²) < 4.78 is 0.613. The van der Waals surface area contributed by atoms with Crippen LogP contribution in [0.5, 0.6) is 0 Å². The van der Waals surface area contributed by atoms with Crippen LogP contribution in [0, 0.1) is 0 Å². The van der Waals surface area contributed by atoms with Crippen LogP contribution in [0.25, 0.3) is 0 Å². The van der Waals surface area contributed by atoms with E-state index in [0.29, 0.717) is 4.75 Å². The Kier molecular flexibility index (Phi) is 4.53. The van der Waals surface area contributed by atoms with Crippen LogP contribution in [0.2, 0.25) is 0 Å². The number of rotatable bonds is 6. The summed E-state index contributed by atoms with van der Waals surface area (Å²) in [5, 5.41) is 3.62. The highest BCUT2D eigenvalue weighted by atomic mass is 32.2. The van der Waals surface area contributed by atoms with E-state index < -0.39 is 0 Å². The van der Waals surface area contributed by atoms with Gasteiger partial charge in [-0.3, -0.25) is 4.90 Å². The Morgan fingerprint density at radius 3 is 2.44 bits per heavy atom. The van der Waals surface area contributed by atoms with E-state index in [9.17, 15) is 0 Å². The summed E-state index contributed by atoms with van der Waals surface area (Å²) in [5.74, 6) is 0. The van der Waals surface area contributed by atoms with Gasteiger partial charge in [-0.2, -0.15) is 11.8 Å². The molecule has 0 amide bonds. The van der Waals surface area contributed by atoms with Crippen molar-refractivity contribution in [3.63, 3.8) is 0 Å². The highest BCUT2D eigenvalue weighted by molar-refractivity contribution is 8.00. The second-order valence-corrected chi connectivity index (χ2v) is 6.48. The highest BCUT2D eigenvalue weighted by Crippen LogP contribution is 2.46. The van der Waals surface area contributed by atoms with Crippen molar-refractivity contribution in [3.05, 3.63) is 0 Å². The minimum absolute atomic E-state index is 0.613. The first-order valence-electron chi connectivity index (χ1n) is 6.41. The summed E-state index contributed by atoms with van der Waals surface area (Å²) in [5.41, 5.74) is 0. The van der Waals surface area contributed by atoms with Gasteiger partial charge < -0.3 is 10.2 Å². The molecule has 1 saturated carbocycles. The summed E-state index contributed by atoms with van der Waals surface area (Å²) in [4.78, 5) is 4.99. The monoisotopic (exact) mass is 243 g/mol. The maximum absolute atomic E-state index is 3.62. The molecular formula is C12H25N3S. The lowest BCUT2D eigenvalue weighted by atomic mass is 10.3. The van der Waals surface area contributed by atoms with E-state index in [4.69, 9.17) is 0 Å². The molecule has 16 heavy (non-hydrogen) atoms. The molecule has 0 aromatic rings. The maximum Gasteiger partial charge on any atom is 0.0282 e. The van der Waals surface area contributed by atoms with Gasteiger partial charge in [0.25, 0.3) is 0 Å². The third-order valence-corrected chi connectivity index (χ3v) is 5.31. The number of hydrogen-bond donors (Lipinski definition) is 1. The van der Waals surface area contributed by atoms with Gasteiger partial charge in [-0.1, -0.05) is 0 Å². The number of likely N-dealkylation sites (N-methyl/N-ethyl adjacent to an activating group) is 1. The van der Waals surface area contributed by atoms with E-state index in [0.717, 1.165) is 6.54 Å². The van der Waals surface area contributed by atoms with Crippen molar-refractivity contribution in [3.8, 4) is 0 Å². The second-order valence-electron chi connectivity index (χ2n) is 5.21. The molecule has 0 aromatic heterocycles. The Morgan fingerprint density at radius 2 is 1.88 bits per heavy atom. The Bertz CT molecular complexity index is 210. The molecular weight excluding hydrogens is 218 g/mol. The largest absolute Gasteiger partial charge is 0.314 e. The van der Waals surface area contributed by atoms with Crippen molar-refractivity contribution in [1.82, 2.24) is 15.1 Å². The first kappa shape index (κ1) is 12.7. The Labute approximate surface area is 104 Å². The van der Waals surface area contributed by atoms with Gasteiger partial charge in [-0.25, -0.2) is 0 Å². The lowest BCUT2D eigenvalue weighted by molar-refractivity contribution is 0.155. The van der Waals surface area contributed by atoms with Crippen LogP contribution >= 0.6 is 11.8 Å². The Balaban J connectivity index is 1.51. The van der Waals surface area contributed by atoms with Crippen molar-refractivity contribution < 1.29 is 0 Å². The number of nitrogens with one attached hydrogen (secondary N) is 1. The lowest BCUT2D eigenvalue weighted by Gasteiger charge is -2.32. The standard InChI is InChI=1S/C12H25N3S/c1-14-7-9-15(10-8-14)6-5-13-11-12(16-2)3-4-12/h13H,3-11H2,1-2H3. The van der Waals surface area contributed by atoms with E-state index in [2.05, 4.69) is 28.4 Å². The van der Waals surface area contributed by atoms with Gasteiger partial charge in [-0.15, -0.1) is 0 Å². The zero-order chi connectivity index (χ0) is 11.4. The van der Waals surface area contributed by atoms with E-state index in [1.807, 2.05) is 11.8 Å². The van der Waals surface area contributed by atoms with E-state index in [1.165, 1.54) is 52.1 Å². The molecule has 0 bridgehead atoms. The molecule has 0 radical (unpaired) electrons. The third-order valence-electron chi connectivity index (χ3n) is 3.89. The summed E-state index contributed by atoms with van der Waals surface area (Å²) >= 11 is 2.04.